The van der Waals surface area contributed by atoms with E-state index in [9.17, 15) is 9.18 Å². The maximum atomic E-state index is 13.6. The predicted octanol–water partition coefficient (Wildman–Crippen LogP) is 1.29. The Kier molecular flexibility index (Phi) is 4.15. The molecule has 0 bridgehead atoms. The fourth-order valence-electron chi connectivity index (χ4n) is 1.99. The van der Waals surface area contributed by atoms with Crippen molar-refractivity contribution in [3.05, 3.63) is 29.6 Å². The molecule has 1 fully saturated rings. The summed E-state index contributed by atoms with van der Waals surface area (Å²) in [5, 5.41) is 0. The number of rotatable bonds is 4. The number of hydrogen-bond acceptors (Lipinski definition) is 3. The zero-order chi connectivity index (χ0) is 13.0. The first kappa shape index (κ1) is 12.8. The standard InChI is InChI=1S/C13H17FN2O2/c14-11-7-10(8-15)3-4-12(11)18-9-13(17)16-5-1-2-6-16/h3-4,7H,1-2,5-6,8-9,15H2. The van der Waals surface area contributed by atoms with E-state index in [4.69, 9.17) is 10.5 Å². The molecule has 18 heavy (non-hydrogen) atoms. The van der Waals surface area contributed by atoms with Gasteiger partial charge in [0.05, 0.1) is 0 Å². The Morgan fingerprint density at radius 3 is 2.72 bits per heavy atom. The molecule has 5 heteroatoms. The van der Waals surface area contributed by atoms with Gasteiger partial charge in [0.25, 0.3) is 5.91 Å². The van der Waals surface area contributed by atoms with Crippen LogP contribution in [0, 0.1) is 5.82 Å². The molecule has 2 N–H and O–H groups in total. The van der Waals surface area contributed by atoms with Crippen molar-refractivity contribution < 1.29 is 13.9 Å². The smallest absolute Gasteiger partial charge is 0.260 e. The van der Waals surface area contributed by atoms with Gasteiger partial charge in [-0.15, -0.1) is 0 Å². The van der Waals surface area contributed by atoms with Gasteiger partial charge in [0.2, 0.25) is 0 Å². The lowest BCUT2D eigenvalue weighted by Crippen LogP contribution is -2.32. The number of benzene rings is 1. The largest absolute Gasteiger partial charge is 0.481 e. The molecule has 1 aliphatic rings. The van der Waals surface area contributed by atoms with Crippen LogP contribution in [0.5, 0.6) is 5.75 Å². The van der Waals surface area contributed by atoms with Gasteiger partial charge in [0.15, 0.2) is 18.2 Å². The second kappa shape index (κ2) is 5.82. The van der Waals surface area contributed by atoms with E-state index in [0.29, 0.717) is 5.56 Å². The predicted molar refractivity (Wildman–Crippen MR) is 65.6 cm³/mol. The van der Waals surface area contributed by atoms with Crippen LogP contribution in [0.2, 0.25) is 0 Å². The highest BCUT2D eigenvalue weighted by molar-refractivity contribution is 5.78. The van der Waals surface area contributed by atoms with Crippen LogP contribution in [0.3, 0.4) is 0 Å². The third-order valence-electron chi connectivity index (χ3n) is 3.04. The Morgan fingerprint density at radius 2 is 2.11 bits per heavy atom. The van der Waals surface area contributed by atoms with Gasteiger partial charge in [-0.3, -0.25) is 4.79 Å². The highest BCUT2D eigenvalue weighted by atomic mass is 19.1. The average Bonchev–Trinajstić information content (AvgIpc) is 2.90. The highest BCUT2D eigenvalue weighted by Gasteiger charge is 2.18. The Morgan fingerprint density at radius 1 is 1.39 bits per heavy atom. The second-order valence-electron chi connectivity index (χ2n) is 4.35. The maximum absolute atomic E-state index is 13.6. The van der Waals surface area contributed by atoms with Gasteiger partial charge >= 0.3 is 0 Å². The Balaban J connectivity index is 1.91. The summed E-state index contributed by atoms with van der Waals surface area (Å²) in [6.45, 7) is 1.72. The monoisotopic (exact) mass is 252 g/mol. The number of ether oxygens (including phenoxy) is 1. The lowest BCUT2D eigenvalue weighted by molar-refractivity contribution is -0.132. The van der Waals surface area contributed by atoms with E-state index < -0.39 is 5.82 Å². The molecule has 1 aromatic rings. The van der Waals surface area contributed by atoms with Gasteiger partial charge in [-0.1, -0.05) is 6.07 Å². The molecule has 0 unspecified atom stereocenters. The first-order valence-corrected chi connectivity index (χ1v) is 6.10. The van der Waals surface area contributed by atoms with E-state index in [1.165, 1.54) is 12.1 Å². The average molecular weight is 252 g/mol. The lowest BCUT2D eigenvalue weighted by atomic mass is 10.2. The fraction of sp³-hybridized carbons (Fsp3) is 0.462. The van der Waals surface area contributed by atoms with E-state index in [0.717, 1.165) is 25.9 Å². The van der Waals surface area contributed by atoms with Crippen molar-refractivity contribution in [2.45, 2.75) is 19.4 Å². The highest BCUT2D eigenvalue weighted by Crippen LogP contribution is 2.18. The molecule has 2 rings (SSSR count). The van der Waals surface area contributed by atoms with Crippen LogP contribution in [-0.2, 0) is 11.3 Å². The van der Waals surface area contributed by atoms with E-state index in [1.54, 1.807) is 11.0 Å². The number of likely N-dealkylation sites (tertiary alicyclic amines) is 1. The van der Waals surface area contributed by atoms with Crippen LogP contribution in [0.1, 0.15) is 18.4 Å². The number of nitrogens with two attached hydrogens (primary N) is 1. The van der Waals surface area contributed by atoms with Gasteiger partial charge in [-0.2, -0.15) is 0 Å². The molecule has 1 aromatic carbocycles. The first-order valence-electron chi connectivity index (χ1n) is 6.10. The molecule has 1 heterocycles. The van der Waals surface area contributed by atoms with E-state index >= 15 is 0 Å². The third-order valence-corrected chi connectivity index (χ3v) is 3.04. The SMILES string of the molecule is NCc1ccc(OCC(=O)N2CCCC2)c(F)c1. The van der Waals surface area contributed by atoms with Crippen LogP contribution >= 0.6 is 0 Å². The van der Waals surface area contributed by atoms with Crippen molar-refractivity contribution in [2.75, 3.05) is 19.7 Å². The zero-order valence-electron chi connectivity index (χ0n) is 10.2. The molecule has 4 nitrogen and oxygen atoms in total. The topological polar surface area (TPSA) is 55.6 Å². The maximum Gasteiger partial charge on any atom is 0.260 e. The minimum Gasteiger partial charge on any atom is -0.481 e. The van der Waals surface area contributed by atoms with Gasteiger partial charge in [-0.25, -0.2) is 4.39 Å². The minimum absolute atomic E-state index is 0.0881. The van der Waals surface area contributed by atoms with E-state index in [-0.39, 0.29) is 24.8 Å². The van der Waals surface area contributed by atoms with Crippen LogP contribution in [0.25, 0.3) is 0 Å². The van der Waals surface area contributed by atoms with Gasteiger partial charge in [0, 0.05) is 19.6 Å². The Bertz CT molecular complexity index is 431. The van der Waals surface area contributed by atoms with Crippen LogP contribution in [-0.4, -0.2) is 30.5 Å². The Labute approximate surface area is 106 Å². The van der Waals surface area contributed by atoms with Gasteiger partial charge < -0.3 is 15.4 Å². The molecule has 0 radical (unpaired) electrons. The normalized spacial score (nSPS) is 14.9. The molecule has 0 atom stereocenters. The molecule has 1 aliphatic heterocycles. The second-order valence-corrected chi connectivity index (χ2v) is 4.35. The fourth-order valence-corrected chi connectivity index (χ4v) is 1.99. The van der Waals surface area contributed by atoms with Crippen molar-refractivity contribution in [1.29, 1.82) is 0 Å². The zero-order valence-corrected chi connectivity index (χ0v) is 10.2. The van der Waals surface area contributed by atoms with Crippen molar-refractivity contribution >= 4 is 5.91 Å². The van der Waals surface area contributed by atoms with Gasteiger partial charge in [-0.05, 0) is 30.5 Å². The summed E-state index contributed by atoms with van der Waals surface area (Å²) in [7, 11) is 0. The lowest BCUT2D eigenvalue weighted by Gasteiger charge is -2.15. The summed E-state index contributed by atoms with van der Waals surface area (Å²) < 4.78 is 18.8. The van der Waals surface area contributed by atoms with Crippen molar-refractivity contribution in [2.24, 2.45) is 5.73 Å². The summed E-state index contributed by atoms with van der Waals surface area (Å²) in [5.41, 5.74) is 6.11. The molecule has 0 spiro atoms. The number of nitrogens with zero attached hydrogens (tertiary/aromatic N) is 1. The summed E-state index contributed by atoms with van der Waals surface area (Å²) >= 11 is 0. The van der Waals surface area contributed by atoms with Crippen LogP contribution in [0.4, 0.5) is 4.39 Å². The molecule has 0 aliphatic carbocycles. The third kappa shape index (κ3) is 2.98. The van der Waals surface area contributed by atoms with Crippen molar-refractivity contribution in [3.8, 4) is 5.75 Å². The number of amides is 1. The molecular weight excluding hydrogens is 235 g/mol. The van der Waals surface area contributed by atoms with Crippen molar-refractivity contribution in [3.63, 3.8) is 0 Å². The number of carbonyl (C=O) groups excluding carboxylic acids is 1. The molecule has 98 valence electrons. The van der Waals surface area contributed by atoms with Crippen LogP contribution < -0.4 is 10.5 Å². The van der Waals surface area contributed by atoms with E-state index in [2.05, 4.69) is 0 Å². The number of hydrogen-bond donors (Lipinski definition) is 1. The summed E-state index contributed by atoms with van der Waals surface area (Å²) in [4.78, 5) is 13.5. The quantitative estimate of drug-likeness (QED) is 0.878. The van der Waals surface area contributed by atoms with E-state index in [1.807, 2.05) is 0 Å². The molecule has 1 saturated heterocycles. The van der Waals surface area contributed by atoms with Crippen LogP contribution in [0.15, 0.2) is 18.2 Å². The minimum atomic E-state index is -0.479. The first-order chi connectivity index (χ1) is 8.70. The summed E-state index contributed by atoms with van der Waals surface area (Å²) in [6.07, 6.45) is 2.07. The summed E-state index contributed by atoms with van der Waals surface area (Å²) in [6, 6.07) is 4.53. The molecular formula is C13H17FN2O2. The molecule has 0 aromatic heterocycles. The van der Waals surface area contributed by atoms with Crippen molar-refractivity contribution in [1.82, 2.24) is 4.90 Å². The van der Waals surface area contributed by atoms with Gasteiger partial charge in [0.1, 0.15) is 0 Å². The summed E-state index contributed by atoms with van der Waals surface area (Å²) in [5.74, 6) is -0.471. The number of carbonyl (C=O) groups is 1. The Hall–Kier alpha value is -1.62. The number of halogens is 1. The molecule has 0 saturated carbocycles. The molecule has 1 amide bonds.